The van der Waals surface area contributed by atoms with Gasteiger partial charge >= 0.3 is 5.69 Å². The summed E-state index contributed by atoms with van der Waals surface area (Å²) in [6, 6.07) is 7.10. The van der Waals surface area contributed by atoms with Crippen molar-refractivity contribution >= 4 is 34.3 Å². The van der Waals surface area contributed by atoms with Crippen LogP contribution in [0.5, 0.6) is 0 Å². The number of fused-ring (bicyclic) bond motifs is 1. The SMILES string of the molecule is CCCCCCn1c(SCC(=O)c2c(N)n(CCC)c(=O)[nH]c2=O)nc2ccccc2c1=O. The Hall–Kier alpha value is -3.14. The van der Waals surface area contributed by atoms with Gasteiger partial charge in [-0.1, -0.05) is 57.0 Å². The first kappa shape index (κ1) is 24.5. The number of aromatic amines is 1. The predicted octanol–water partition coefficient (Wildman–Crippen LogP) is 2.79. The Morgan fingerprint density at radius 2 is 1.79 bits per heavy atom. The van der Waals surface area contributed by atoms with E-state index < -0.39 is 17.0 Å². The smallest absolute Gasteiger partial charge is 0.329 e. The third kappa shape index (κ3) is 5.44. The molecule has 33 heavy (non-hydrogen) atoms. The van der Waals surface area contributed by atoms with Crippen LogP contribution >= 0.6 is 11.8 Å². The minimum atomic E-state index is -0.807. The van der Waals surface area contributed by atoms with Gasteiger partial charge in [0, 0.05) is 13.1 Å². The largest absolute Gasteiger partial charge is 0.384 e. The van der Waals surface area contributed by atoms with Crippen LogP contribution in [0.3, 0.4) is 0 Å². The van der Waals surface area contributed by atoms with E-state index in [0.29, 0.717) is 35.6 Å². The molecule has 2 aromatic heterocycles. The quantitative estimate of drug-likeness (QED) is 0.190. The summed E-state index contributed by atoms with van der Waals surface area (Å²) in [6.45, 7) is 4.77. The van der Waals surface area contributed by atoms with Crippen LogP contribution in [0.25, 0.3) is 10.9 Å². The molecule has 3 N–H and O–H groups in total. The number of anilines is 1. The summed E-state index contributed by atoms with van der Waals surface area (Å²) >= 11 is 1.09. The van der Waals surface area contributed by atoms with E-state index in [0.717, 1.165) is 37.4 Å². The van der Waals surface area contributed by atoms with E-state index in [-0.39, 0.29) is 22.7 Å². The highest BCUT2D eigenvalue weighted by molar-refractivity contribution is 7.99. The zero-order valence-corrected chi connectivity index (χ0v) is 19.7. The number of benzene rings is 1. The highest BCUT2D eigenvalue weighted by Crippen LogP contribution is 2.20. The number of nitrogen functional groups attached to an aromatic ring is 1. The Balaban J connectivity index is 1.93. The molecule has 10 heteroatoms. The monoisotopic (exact) mass is 471 g/mol. The summed E-state index contributed by atoms with van der Waals surface area (Å²) in [5, 5.41) is 0.941. The van der Waals surface area contributed by atoms with E-state index in [1.165, 1.54) is 4.57 Å². The standard InChI is InChI=1S/C23H29N5O4S/c1-3-5-6-9-13-28-21(31)15-10-7-8-11-16(15)25-23(28)33-14-17(29)18-19(24)27(12-4-2)22(32)26-20(18)30/h7-8,10-11H,3-6,9,12-14,24H2,1-2H3,(H,26,30,32). The first-order valence-electron chi connectivity index (χ1n) is 11.2. The molecule has 0 aliphatic heterocycles. The van der Waals surface area contributed by atoms with Crippen molar-refractivity contribution in [3.8, 4) is 0 Å². The number of nitrogens with zero attached hydrogens (tertiary/aromatic N) is 3. The summed E-state index contributed by atoms with van der Waals surface area (Å²) in [5.74, 6) is -0.805. The highest BCUT2D eigenvalue weighted by atomic mass is 32.2. The molecular formula is C23H29N5O4S. The zero-order valence-electron chi connectivity index (χ0n) is 18.9. The van der Waals surface area contributed by atoms with E-state index in [1.54, 1.807) is 28.8 Å². The first-order valence-corrected chi connectivity index (χ1v) is 12.2. The van der Waals surface area contributed by atoms with Crippen LogP contribution in [0, 0.1) is 0 Å². The van der Waals surface area contributed by atoms with Gasteiger partial charge in [0.15, 0.2) is 10.9 Å². The fraction of sp³-hybridized carbons (Fsp3) is 0.435. The van der Waals surface area contributed by atoms with Crippen LogP contribution in [-0.4, -0.2) is 30.6 Å². The Morgan fingerprint density at radius 3 is 2.52 bits per heavy atom. The van der Waals surface area contributed by atoms with Crippen molar-refractivity contribution in [3.05, 3.63) is 61.0 Å². The van der Waals surface area contributed by atoms with Crippen LogP contribution in [0.15, 0.2) is 43.8 Å². The van der Waals surface area contributed by atoms with Crippen LogP contribution < -0.4 is 22.5 Å². The molecule has 0 saturated heterocycles. The van der Waals surface area contributed by atoms with Crippen molar-refractivity contribution in [2.45, 2.75) is 64.2 Å². The molecule has 0 atom stereocenters. The number of Topliss-reactive ketones (excluding diaryl/α,β-unsaturated/α-hetero) is 1. The molecule has 0 radical (unpaired) electrons. The van der Waals surface area contributed by atoms with Gasteiger partial charge in [0.1, 0.15) is 11.4 Å². The second kappa shape index (κ2) is 11.1. The number of rotatable bonds is 11. The van der Waals surface area contributed by atoms with Gasteiger partial charge in [-0.3, -0.25) is 28.5 Å². The second-order valence-electron chi connectivity index (χ2n) is 7.81. The molecule has 0 bridgehead atoms. The molecule has 0 aliphatic carbocycles. The van der Waals surface area contributed by atoms with Crippen LogP contribution in [0.2, 0.25) is 0 Å². The third-order valence-electron chi connectivity index (χ3n) is 5.36. The number of carbonyl (C=O) groups is 1. The number of nitrogens with one attached hydrogen (secondary N) is 1. The third-order valence-corrected chi connectivity index (χ3v) is 6.34. The van der Waals surface area contributed by atoms with Crippen molar-refractivity contribution in [3.63, 3.8) is 0 Å². The second-order valence-corrected chi connectivity index (χ2v) is 8.75. The molecule has 9 nitrogen and oxygen atoms in total. The average Bonchev–Trinajstić information content (AvgIpc) is 2.79. The van der Waals surface area contributed by atoms with Crippen molar-refractivity contribution < 1.29 is 4.79 Å². The molecule has 1 aromatic carbocycles. The molecule has 0 saturated carbocycles. The van der Waals surface area contributed by atoms with Gasteiger partial charge in [0.25, 0.3) is 11.1 Å². The van der Waals surface area contributed by atoms with E-state index in [9.17, 15) is 19.2 Å². The number of hydrogen-bond donors (Lipinski definition) is 2. The Morgan fingerprint density at radius 1 is 1.03 bits per heavy atom. The molecule has 176 valence electrons. The Bertz CT molecular complexity index is 1330. The van der Waals surface area contributed by atoms with Gasteiger partial charge in [-0.15, -0.1) is 0 Å². The van der Waals surface area contributed by atoms with Gasteiger partial charge in [-0.2, -0.15) is 0 Å². The summed E-state index contributed by atoms with van der Waals surface area (Å²) in [5.41, 5.74) is 4.72. The van der Waals surface area contributed by atoms with E-state index in [1.807, 2.05) is 6.92 Å². The van der Waals surface area contributed by atoms with Gasteiger partial charge < -0.3 is 5.73 Å². The fourth-order valence-corrected chi connectivity index (χ4v) is 4.55. The Kier molecular flexibility index (Phi) is 8.26. The molecule has 2 heterocycles. The summed E-state index contributed by atoms with van der Waals surface area (Å²) < 4.78 is 2.79. The first-order chi connectivity index (χ1) is 15.9. The molecule has 0 fully saturated rings. The number of unbranched alkanes of at least 4 members (excludes halogenated alkanes) is 3. The molecular weight excluding hydrogens is 442 g/mol. The fourth-order valence-electron chi connectivity index (χ4n) is 3.66. The van der Waals surface area contributed by atoms with Crippen LogP contribution in [0.4, 0.5) is 5.82 Å². The lowest BCUT2D eigenvalue weighted by Crippen LogP contribution is -2.36. The normalized spacial score (nSPS) is 11.2. The molecule has 0 amide bonds. The lowest BCUT2D eigenvalue weighted by molar-refractivity contribution is 0.102. The maximum Gasteiger partial charge on any atom is 0.329 e. The van der Waals surface area contributed by atoms with Crippen molar-refractivity contribution in [1.82, 2.24) is 19.1 Å². The van der Waals surface area contributed by atoms with Gasteiger partial charge in [0.05, 0.1) is 16.7 Å². The number of nitrogens with two attached hydrogens (primary N) is 1. The average molecular weight is 472 g/mol. The van der Waals surface area contributed by atoms with Gasteiger partial charge in [-0.25, -0.2) is 9.78 Å². The van der Waals surface area contributed by atoms with E-state index >= 15 is 0 Å². The van der Waals surface area contributed by atoms with Crippen LogP contribution in [-0.2, 0) is 13.1 Å². The van der Waals surface area contributed by atoms with Gasteiger partial charge in [-0.05, 0) is 25.0 Å². The lowest BCUT2D eigenvalue weighted by atomic mass is 10.2. The van der Waals surface area contributed by atoms with Crippen molar-refractivity contribution in [2.24, 2.45) is 0 Å². The highest BCUT2D eigenvalue weighted by Gasteiger charge is 2.21. The summed E-state index contributed by atoms with van der Waals surface area (Å²) in [6.07, 6.45) is 4.58. The maximum absolute atomic E-state index is 13.1. The summed E-state index contributed by atoms with van der Waals surface area (Å²) in [7, 11) is 0. The zero-order chi connectivity index (χ0) is 24.0. The Labute approximate surface area is 195 Å². The molecule has 3 rings (SSSR count). The lowest BCUT2D eigenvalue weighted by Gasteiger charge is -2.14. The molecule has 0 spiro atoms. The van der Waals surface area contributed by atoms with Crippen molar-refractivity contribution in [2.75, 3.05) is 11.5 Å². The summed E-state index contributed by atoms with van der Waals surface area (Å²) in [4.78, 5) is 57.2. The predicted molar refractivity (Wildman–Crippen MR) is 131 cm³/mol. The molecule has 0 unspecified atom stereocenters. The maximum atomic E-state index is 13.1. The van der Waals surface area contributed by atoms with Crippen molar-refractivity contribution in [1.29, 1.82) is 0 Å². The number of hydrogen-bond acceptors (Lipinski definition) is 7. The number of ketones is 1. The number of para-hydroxylation sites is 1. The van der Waals surface area contributed by atoms with E-state index in [2.05, 4.69) is 16.9 Å². The topological polar surface area (TPSA) is 133 Å². The minimum Gasteiger partial charge on any atom is -0.384 e. The number of carbonyl (C=O) groups excluding carboxylic acids is 1. The molecule has 0 aliphatic rings. The number of thioether (sulfide) groups is 1. The van der Waals surface area contributed by atoms with E-state index in [4.69, 9.17) is 5.73 Å². The molecule has 3 aromatic rings. The number of aromatic nitrogens is 4. The van der Waals surface area contributed by atoms with Crippen LogP contribution in [0.1, 0.15) is 56.3 Å². The minimum absolute atomic E-state index is 0.139. The number of H-pyrrole nitrogens is 1. The van der Waals surface area contributed by atoms with Gasteiger partial charge in [0.2, 0.25) is 0 Å².